The second-order valence-electron chi connectivity index (χ2n) is 6.64. The molecule has 2 aliphatic heterocycles. The van der Waals surface area contributed by atoms with E-state index in [4.69, 9.17) is 0 Å². The molecule has 1 amide bonds. The van der Waals surface area contributed by atoms with Gasteiger partial charge in [0, 0.05) is 32.7 Å². The van der Waals surface area contributed by atoms with Crippen molar-refractivity contribution in [3.63, 3.8) is 0 Å². The van der Waals surface area contributed by atoms with Crippen molar-refractivity contribution in [1.82, 2.24) is 14.1 Å². The van der Waals surface area contributed by atoms with Crippen LogP contribution in [0, 0.1) is 5.92 Å². The Hall–Kier alpha value is -1.44. The summed E-state index contributed by atoms with van der Waals surface area (Å²) in [5.74, 6) is 0.235. The van der Waals surface area contributed by atoms with E-state index in [0.29, 0.717) is 31.1 Å². The normalized spacial score (nSPS) is 24.0. The molecule has 0 spiro atoms. The first-order valence-electron chi connectivity index (χ1n) is 8.51. The maximum atomic E-state index is 12.7. The zero-order valence-corrected chi connectivity index (χ0v) is 14.9. The van der Waals surface area contributed by atoms with Gasteiger partial charge in [-0.1, -0.05) is 18.2 Å². The lowest BCUT2D eigenvalue weighted by Gasteiger charge is -2.37. The topological polar surface area (TPSA) is 60.9 Å². The standard InChI is InChI=1S/C17H25N3O3S/c1-18-9-5-6-15(14-18)17(21)19-10-12-20(13-11-19)24(22,23)16-7-3-2-4-8-16/h2-4,7-8,15H,5-6,9-14H2,1H3/t15-/m0/s1. The van der Waals surface area contributed by atoms with Gasteiger partial charge in [-0.15, -0.1) is 0 Å². The van der Waals surface area contributed by atoms with Crippen molar-refractivity contribution in [2.75, 3.05) is 46.3 Å². The minimum atomic E-state index is -3.46. The summed E-state index contributed by atoms with van der Waals surface area (Å²) >= 11 is 0. The molecule has 24 heavy (non-hydrogen) atoms. The highest BCUT2D eigenvalue weighted by Gasteiger charge is 2.33. The second kappa shape index (κ2) is 7.21. The highest BCUT2D eigenvalue weighted by molar-refractivity contribution is 7.89. The molecule has 3 rings (SSSR count). The monoisotopic (exact) mass is 351 g/mol. The van der Waals surface area contributed by atoms with E-state index in [1.165, 1.54) is 4.31 Å². The fourth-order valence-electron chi connectivity index (χ4n) is 3.52. The Morgan fingerprint density at radius 3 is 2.33 bits per heavy atom. The molecule has 2 aliphatic rings. The minimum absolute atomic E-state index is 0.0565. The first kappa shape index (κ1) is 17.4. The quantitative estimate of drug-likeness (QED) is 0.810. The van der Waals surface area contributed by atoms with Crippen LogP contribution in [0.15, 0.2) is 35.2 Å². The van der Waals surface area contributed by atoms with Gasteiger partial charge < -0.3 is 9.80 Å². The summed E-state index contributed by atoms with van der Waals surface area (Å²) in [7, 11) is -1.41. The molecule has 7 heteroatoms. The Labute approximate surface area is 144 Å². The number of piperazine rings is 1. The van der Waals surface area contributed by atoms with Crippen molar-refractivity contribution in [2.24, 2.45) is 5.92 Å². The molecule has 1 aromatic carbocycles. The molecule has 0 aliphatic carbocycles. The molecule has 2 heterocycles. The van der Waals surface area contributed by atoms with E-state index in [1.54, 1.807) is 30.3 Å². The summed E-state index contributed by atoms with van der Waals surface area (Å²) in [6.07, 6.45) is 1.99. The van der Waals surface area contributed by atoms with Crippen LogP contribution in [-0.4, -0.2) is 74.7 Å². The molecule has 0 bridgehead atoms. The number of carbonyl (C=O) groups is 1. The summed E-state index contributed by atoms with van der Waals surface area (Å²) in [6, 6.07) is 8.49. The first-order valence-corrected chi connectivity index (χ1v) is 9.95. The zero-order chi connectivity index (χ0) is 17.2. The second-order valence-corrected chi connectivity index (χ2v) is 8.58. The van der Waals surface area contributed by atoms with Gasteiger partial charge in [-0.3, -0.25) is 4.79 Å². The van der Waals surface area contributed by atoms with Crippen LogP contribution < -0.4 is 0 Å². The van der Waals surface area contributed by atoms with Crippen LogP contribution in [0.25, 0.3) is 0 Å². The first-order chi connectivity index (χ1) is 11.5. The number of amides is 1. The number of likely N-dealkylation sites (tertiary alicyclic amines) is 1. The van der Waals surface area contributed by atoms with E-state index in [9.17, 15) is 13.2 Å². The number of hydrogen-bond acceptors (Lipinski definition) is 4. The Bertz CT molecular complexity index is 670. The van der Waals surface area contributed by atoms with Crippen molar-refractivity contribution >= 4 is 15.9 Å². The van der Waals surface area contributed by atoms with E-state index < -0.39 is 10.0 Å². The number of nitrogens with zero attached hydrogens (tertiary/aromatic N) is 3. The smallest absolute Gasteiger partial charge is 0.243 e. The largest absolute Gasteiger partial charge is 0.340 e. The van der Waals surface area contributed by atoms with E-state index in [-0.39, 0.29) is 11.8 Å². The molecule has 0 N–H and O–H groups in total. The van der Waals surface area contributed by atoms with Gasteiger partial charge in [0.15, 0.2) is 0 Å². The van der Waals surface area contributed by atoms with Gasteiger partial charge in [0.05, 0.1) is 10.8 Å². The summed E-state index contributed by atoms with van der Waals surface area (Å²) in [5.41, 5.74) is 0. The van der Waals surface area contributed by atoms with Crippen molar-refractivity contribution in [1.29, 1.82) is 0 Å². The van der Waals surface area contributed by atoms with E-state index in [2.05, 4.69) is 4.90 Å². The summed E-state index contributed by atoms with van der Waals surface area (Å²) in [4.78, 5) is 17.0. The lowest BCUT2D eigenvalue weighted by Crippen LogP contribution is -2.53. The molecule has 0 radical (unpaired) electrons. The third kappa shape index (κ3) is 3.63. The maximum Gasteiger partial charge on any atom is 0.243 e. The third-order valence-corrected chi connectivity index (χ3v) is 6.82. The van der Waals surface area contributed by atoms with Gasteiger partial charge >= 0.3 is 0 Å². The molecule has 0 saturated carbocycles. The van der Waals surface area contributed by atoms with Crippen LogP contribution in [0.1, 0.15) is 12.8 Å². The molecule has 132 valence electrons. The van der Waals surface area contributed by atoms with E-state index in [1.807, 2.05) is 11.9 Å². The van der Waals surface area contributed by atoms with Gasteiger partial charge in [0.25, 0.3) is 0 Å². The van der Waals surface area contributed by atoms with Crippen LogP contribution in [-0.2, 0) is 14.8 Å². The number of benzene rings is 1. The minimum Gasteiger partial charge on any atom is -0.340 e. The molecular formula is C17H25N3O3S. The zero-order valence-electron chi connectivity index (χ0n) is 14.1. The highest BCUT2D eigenvalue weighted by atomic mass is 32.2. The predicted octanol–water partition coefficient (Wildman–Crippen LogP) is 0.861. The van der Waals surface area contributed by atoms with Crippen molar-refractivity contribution < 1.29 is 13.2 Å². The summed E-state index contributed by atoms with van der Waals surface area (Å²) in [6.45, 7) is 3.54. The molecule has 1 atom stereocenters. The molecule has 0 aromatic heterocycles. The number of hydrogen-bond donors (Lipinski definition) is 0. The average molecular weight is 351 g/mol. The van der Waals surface area contributed by atoms with Crippen molar-refractivity contribution in [3.8, 4) is 0 Å². The average Bonchev–Trinajstić information content (AvgIpc) is 2.62. The third-order valence-electron chi connectivity index (χ3n) is 4.91. The molecular weight excluding hydrogens is 326 g/mol. The molecule has 2 fully saturated rings. The predicted molar refractivity (Wildman–Crippen MR) is 92.0 cm³/mol. The Kier molecular flexibility index (Phi) is 5.22. The maximum absolute atomic E-state index is 12.7. The fourth-order valence-corrected chi connectivity index (χ4v) is 4.96. The Morgan fingerprint density at radius 1 is 1.04 bits per heavy atom. The number of sulfonamides is 1. The van der Waals surface area contributed by atoms with Crippen molar-refractivity contribution in [2.45, 2.75) is 17.7 Å². The fraction of sp³-hybridized carbons (Fsp3) is 0.588. The van der Waals surface area contributed by atoms with Gasteiger partial charge in [-0.05, 0) is 38.6 Å². The summed E-state index contributed by atoms with van der Waals surface area (Å²) < 4.78 is 26.7. The molecule has 2 saturated heterocycles. The lowest BCUT2D eigenvalue weighted by atomic mass is 9.97. The van der Waals surface area contributed by atoms with Gasteiger partial charge in [0.2, 0.25) is 15.9 Å². The number of rotatable bonds is 3. The van der Waals surface area contributed by atoms with Crippen LogP contribution >= 0.6 is 0 Å². The Morgan fingerprint density at radius 2 is 1.71 bits per heavy atom. The SMILES string of the molecule is CN1CCC[C@H](C(=O)N2CCN(S(=O)(=O)c3ccccc3)CC2)C1. The molecule has 1 aromatic rings. The van der Waals surface area contributed by atoms with E-state index >= 15 is 0 Å². The lowest BCUT2D eigenvalue weighted by molar-refractivity contribution is -0.138. The van der Waals surface area contributed by atoms with Crippen LogP contribution in [0.5, 0.6) is 0 Å². The van der Waals surface area contributed by atoms with Gasteiger partial charge in [-0.25, -0.2) is 8.42 Å². The number of piperidine rings is 1. The van der Waals surface area contributed by atoms with Crippen LogP contribution in [0.4, 0.5) is 0 Å². The van der Waals surface area contributed by atoms with Gasteiger partial charge in [0.1, 0.15) is 0 Å². The molecule has 0 unspecified atom stereocenters. The summed E-state index contributed by atoms with van der Waals surface area (Å²) in [5, 5.41) is 0. The number of carbonyl (C=O) groups excluding carboxylic acids is 1. The van der Waals surface area contributed by atoms with Gasteiger partial charge in [-0.2, -0.15) is 4.31 Å². The van der Waals surface area contributed by atoms with Crippen LogP contribution in [0.3, 0.4) is 0 Å². The van der Waals surface area contributed by atoms with Crippen LogP contribution in [0.2, 0.25) is 0 Å². The molecule has 6 nitrogen and oxygen atoms in total. The van der Waals surface area contributed by atoms with Crippen molar-refractivity contribution in [3.05, 3.63) is 30.3 Å². The Balaban J connectivity index is 1.60. The van der Waals surface area contributed by atoms with E-state index in [0.717, 1.165) is 25.9 Å². The highest BCUT2D eigenvalue weighted by Crippen LogP contribution is 2.21.